The van der Waals surface area contributed by atoms with Gasteiger partial charge in [-0.15, -0.1) is 0 Å². The zero-order chi connectivity index (χ0) is 21.3. The highest BCUT2D eigenvalue weighted by Gasteiger charge is 2.20. The van der Waals surface area contributed by atoms with E-state index >= 15 is 0 Å². The first-order valence-corrected chi connectivity index (χ1v) is 9.26. The van der Waals surface area contributed by atoms with Crippen LogP contribution < -0.4 is 15.9 Å². The number of hydrogen-bond acceptors (Lipinski definition) is 9. The minimum Gasteiger partial charge on any atom is -0.508 e. The fourth-order valence-electron chi connectivity index (χ4n) is 2.89. The molecular weight excluding hydrogens is 389 g/mol. The molecule has 10 heteroatoms. The predicted octanol–water partition coefficient (Wildman–Crippen LogP) is 0.781. The van der Waals surface area contributed by atoms with Crippen molar-refractivity contribution in [1.82, 2.24) is 10.2 Å². The molecule has 0 amide bonds. The van der Waals surface area contributed by atoms with Crippen molar-refractivity contribution >= 4 is 35.6 Å². The van der Waals surface area contributed by atoms with Crippen molar-refractivity contribution in [2.24, 2.45) is 0 Å². The van der Waals surface area contributed by atoms with E-state index in [0.717, 1.165) is 10.9 Å². The predicted molar refractivity (Wildman–Crippen MR) is 112 cm³/mol. The van der Waals surface area contributed by atoms with Crippen LogP contribution in [0.3, 0.4) is 0 Å². The molecule has 9 nitrogen and oxygen atoms in total. The number of nitrogen functional groups attached to an aromatic ring is 1. The molecule has 0 aliphatic carbocycles. The monoisotopic (exact) mass is 411 g/mol. The second-order valence-corrected chi connectivity index (χ2v) is 6.33. The average molecular weight is 411 g/mol. The Balaban J connectivity index is 1.90. The Bertz CT molecular complexity index is 1000. The minimum absolute atomic E-state index is 0.195. The van der Waals surface area contributed by atoms with Crippen LogP contribution in [0, 0.1) is 0 Å². The van der Waals surface area contributed by atoms with E-state index < -0.39 is 7.12 Å². The Morgan fingerprint density at radius 2 is 1.97 bits per heavy atom. The highest BCUT2D eigenvalue weighted by Crippen LogP contribution is 2.32. The number of aromatic nitrogens is 2. The van der Waals surface area contributed by atoms with Crippen molar-refractivity contribution in [1.29, 1.82) is 0 Å². The maximum absolute atomic E-state index is 10.6. The van der Waals surface area contributed by atoms with Crippen molar-refractivity contribution in [3.05, 3.63) is 42.6 Å². The number of rotatable bonds is 11. The molecule has 30 heavy (non-hydrogen) atoms. The van der Waals surface area contributed by atoms with Gasteiger partial charge in [0.05, 0.1) is 37.2 Å². The lowest BCUT2D eigenvalue weighted by Crippen LogP contribution is -2.33. The van der Waals surface area contributed by atoms with Crippen LogP contribution in [-0.4, -0.2) is 62.3 Å². The molecule has 0 aliphatic rings. The van der Waals surface area contributed by atoms with Gasteiger partial charge in [0.1, 0.15) is 12.4 Å². The average Bonchev–Trinajstić information content (AvgIpc) is 2.76. The number of fused-ring (bicyclic) bond motifs is 1. The van der Waals surface area contributed by atoms with Crippen LogP contribution in [0.2, 0.25) is 0 Å². The number of nitrogens with two attached hydrogens (primary N) is 1. The van der Waals surface area contributed by atoms with E-state index in [1.807, 2.05) is 18.2 Å². The zero-order valence-corrected chi connectivity index (χ0v) is 16.5. The lowest BCUT2D eigenvalue weighted by atomic mass is 9.78. The third-order valence-corrected chi connectivity index (χ3v) is 4.37. The molecule has 3 rings (SSSR count). The Morgan fingerprint density at radius 1 is 1.13 bits per heavy atom. The highest BCUT2D eigenvalue weighted by atomic mass is 16.6. The van der Waals surface area contributed by atoms with Crippen molar-refractivity contribution in [2.75, 3.05) is 39.3 Å². The van der Waals surface area contributed by atoms with Gasteiger partial charge in [0.15, 0.2) is 0 Å². The van der Waals surface area contributed by atoms with E-state index in [-0.39, 0.29) is 6.47 Å². The van der Waals surface area contributed by atoms with Gasteiger partial charge in [-0.05, 0) is 35.3 Å². The van der Waals surface area contributed by atoms with E-state index in [9.17, 15) is 9.82 Å². The Labute approximate surface area is 173 Å². The molecule has 3 aromatic rings. The summed E-state index contributed by atoms with van der Waals surface area (Å²) in [6.45, 7) is 1.90. The first-order valence-electron chi connectivity index (χ1n) is 9.26. The van der Waals surface area contributed by atoms with Gasteiger partial charge < -0.3 is 29.6 Å². The standard InChI is InChI=1S/C20H22BN3O6/c1-27-6-7-28-8-9-29-20-5-3-15(21(26)30-13-25)11-17(20)14-2-4-16-18(22)12-23-24-19(16)10-14/h2-5,10-13,26H,6-9H2,1H3,(H2,22,24). The van der Waals surface area contributed by atoms with E-state index in [1.165, 1.54) is 6.20 Å². The summed E-state index contributed by atoms with van der Waals surface area (Å²) in [4.78, 5) is 10.6. The van der Waals surface area contributed by atoms with E-state index in [4.69, 9.17) is 19.9 Å². The highest BCUT2D eigenvalue weighted by molar-refractivity contribution is 6.61. The van der Waals surface area contributed by atoms with Crippen molar-refractivity contribution in [3.63, 3.8) is 0 Å². The normalized spacial score (nSPS) is 10.7. The summed E-state index contributed by atoms with van der Waals surface area (Å²) in [6, 6.07) is 10.6. The molecule has 0 bridgehead atoms. The van der Waals surface area contributed by atoms with Crippen molar-refractivity contribution in [3.8, 4) is 16.9 Å². The molecule has 0 saturated heterocycles. The van der Waals surface area contributed by atoms with E-state index in [2.05, 4.69) is 14.9 Å². The molecule has 0 aliphatic heterocycles. The van der Waals surface area contributed by atoms with E-state index in [1.54, 1.807) is 25.3 Å². The number of carbonyl (C=O) groups is 1. The van der Waals surface area contributed by atoms with Gasteiger partial charge in [-0.3, -0.25) is 4.79 Å². The summed E-state index contributed by atoms with van der Waals surface area (Å²) >= 11 is 0. The first kappa shape index (κ1) is 21.5. The molecule has 156 valence electrons. The molecule has 0 saturated carbocycles. The van der Waals surface area contributed by atoms with Crippen LogP contribution >= 0.6 is 0 Å². The molecule has 0 atom stereocenters. The van der Waals surface area contributed by atoms with Gasteiger partial charge in [0.2, 0.25) is 0 Å². The zero-order valence-electron chi connectivity index (χ0n) is 16.5. The van der Waals surface area contributed by atoms with Gasteiger partial charge >= 0.3 is 7.12 Å². The second kappa shape index (κ2) is 10.5. The van der Waals surface area contributed by atoms with Crippen molar-refractivity contribution in [2.45, 2.75) is 0 Å². The topological polar surface area (TPSA) is 126 Å². The molecule has 0 fully saturated rings. The Hall–Kier alpha value is -3.21. The number of nitrogens with zero attached hydrogens (tertiary/aromatic N) is 2. The Morgan fingerprint density at radius 3 is 2.77 bits per heavy atom. The summed E-state index contributed by atoms with van der Waals surface area (Å²) in [5.74, 6) is 0.573. The third kappa shape index (κ3) is 5.23. The quantitative estimate of drug-likeness (QED) is 0.267. The fourth-order valence-corrected chi connectivity index (χ4v) is 2.89. The van der Waals surface area contributed by atoms with Gasteiger partial charge in [0.25, 0.3) is 6.47 Å². The minimum atomic E-state index is -1.39. The molecular formula is C20H22BN3O6. The number of ether oxygens (including phenoxy) is 3. The number of hydrogen-bond donors (Lipinski definition) is 2. The second-order valence-electron chi connectivity index (χ2n) is 6.33. The summed E-state index contributed by atoms with van der Waals surface area (Å²) in [6.07, 6.45) is 1.49. The molecule has 3 N–H and O–H groups in total. The summed E-state index contributed by atoms with van der Waals surface area (Å²) in [5, 5.41) is 18.8. The first-order chi connectivity index (χ1) is 14.6. The van der Waals surface area contributed by atoms with Gasteiger partial charge in [-0.2, -0.15) is 10.2 Å². The molecule has 0 spiro atoms. The van der Waals surface area contributed by atoms with Crippen LogP contribution in [-0.2, 0) is 18.9 Å². The summed E-state index contributed by atoms with van der Waals surface area (Å²) < 4.78 is 20.9. The lowest BCUT2D eigenvalue weighted by molar-refractivity contribution is -0.121. The van der Waals surface area contributed by atoms with Crippen LogP contribution in [0.4, 0.5) is 5.69 Å². The van der Waals surface area contributed by atoms with Crippen LogP contribution in [0.25, 0.3) is 22.0 Å². The molecule has 1 aromatic heterocycles. The molecule has 0 radical (unpaired) electrons. The van der Waals surface area contributed by atoms with Crippen LogP contribution in [0.15, 0.2) is 42.6 Å². The lowest BCUT2D eigenvalue weighted by Gasteiger charge is -2.15. The van der Waals surface area contributed by atoms with Gasteiger partial charge in [0, 0.05) is 18.1 Å². The maximum atomic E-state index is 10.6. The summed E-state index contributed by atoms with van der Waals surface area (Å²) in [5.41, 5.74) is 8.97. The van der Waals surface area contributed by atoms with Gasteiger partial charge in [-0.1, -0.05) is 12.1 Å². The fraction of sp³-hybridized carbons (Fsp3) is 0.250. The summed E-state index contributed by atoms with van der Waals surface area (Å²) in [7, 11) is 0.224. The maximum Gasteiger partial charge on any atom is 0.561 e. The smallest absolute Gasteiger partial charge is 0.508 e. The largest absolute Gasteiger partial charge is 0.561 e. The molecule has 0 unspecified atom stereocenters. The number of carbonyl (C=O) groups excluding carboxylic acids is 1. The third-order valence-electron chi connectivity index (χ3n) is 4.37. The van der Waals surface area contributed by atoms with Gasteiger partial charge in [-0.25, -0.2) is 0 Å². The van der Waals surface area contributed by atoms with Crippen LogP contribution in [0.5, 0.6) is 5.75 Å². The SMILES string of the molecule is COCCOCCOc1ccc(B(O)OC=O)cc1-c1ccc2c(N)cnnc2c1. The molecule has 1 heterocycles. The molecule has 2 aromatic carbocycles. The Kier molecular flexibility index (Phi) is 7.55. The van der Waals surface area contributed by atoms with E-state index in [0.29, 0.717) is 54.4 Å². The number of methoxy groups -OCH3 is 1. The van der Waals surface area contributed by atoms with Crippen molar-refractivity contribution < 1.29 is 28.7 Å². The number of benzene rings is 2. The van der Waals surface area contributed by atoms with Crippen LogP contribution in [0.1, 0.15) is 0 Å². The number of anilines is 1.